The molecular weight excluding hydrogens is 260 g/mol. The minimum atomic E-state index is 0.0557. The van der Waals surface area contributed by atoms with Gasteiger partial charge in [0.2, 0.25) is 5.91 Å². The molecule has 1 aliphatic heterocycles. The summed E-state index contributed by atoms with van der Waals surface area (Å²) in [6.07, 6.45) is 0. The normalized spacial score (nSPS) is 14.7. The lowest BCUT2D eigenvalue weighted by Crippen LogP contribution is -2.39. The molecule has 0 spiro atoms. The molecule has 2 rings (SSSR count). The fraction of sp³-hybridized carbons (Fsp3) is 0.429. The van der Waals surface area contributed by atoms with E-state index in [0.717, 1.165) is 17.1 Å². The molecular formula is C14H18N2O2S. The molecule has 0 saturated heterocycles. The molecule has 1 aromatic rings. The number of hydrogen-bond acceptors (Lipinski definition) is 4. The zero-order valence-corrected chi connectivity index (χ0v) is 12.3. The summed E-state index contributed by atoms with van der Waals surface area (Å²) < 4.78 is 0. The number of fused-ring (bicyclic) bond motifs is 1. The Bertz CT molecular complexity index is 514. The zero-order valence-electron chi connectivity index (χ0n) is 11.5. The fourth-order valence-electron chi connectivity index (χ4n) is 1.97. The Labute approximate surface area is 117 Å². The molecule has 1 aromatic carbocycles. The van der Waals surface area contributed by atoms with Crippen LogP contribution in [-0.2, 0) is 4.79 Å². The number of amides is 1. The Morgan fingerprint density at radius 2 is 2.16 bits per heavy atom. The van der Waals surface area contributed by atoms with Crippen LogP contribution in [0.5, 0.6) is 0 Å². The second kappa shape index (κ2) is 5.75. The molecule has 0 aromatic heterocycles. The number of likely N-dealkylation sites (N-methyl/N-ethyl adjacent to an activating group) is 1. The van der Waals surface area contributed by atoms with Crippen molar-refractivity contribution in [1.82, 2.24) is 4.90 Å². The lowest BCUT2D eigenvalue weighted by Gasteiger charge is -2.30. The fourth-order valence-corrected chi connectivity index (χ4v) is 2.94. The Kier molecular flexibility index (Phi) is 4.27. The summed E-state index contributed by atoms with van der Waals surface area (Å²) in [5.41, 5.74) is 1.63. The lowest BCUT2D eigenvalue weighted by atomic mass is 10.1. The number of anilines is 1. The molecule has 5 heteroatoms. The number of benzene rings is 1. The van der Waals surface area contributed by atoms with Crippen molar-refractivity contribution < 1.29 is 9.59 Å². The number of carbonyl (C=O) groups excluding carboxylic acids is 2. The summed E-state index contributed by atoms with van der Waals surface area (Å²) in [6, 6.07) is 5.56. The molecule has 1 aliphatic rings. The standard InChI is InChI=1S/C14H18N2O2S/c1-10(17)11-4-5-12-13(8-11)19-9-14(18)16(12)7-6-15(2)3/h4-5,8H,6-7,9H2,1-3H3. The van der Waals surface area contributed by atoms with Crippen LogP contribution in [0.2, 0.25) is 0 Å². The molecule has 0 aliphatic carbocycles. The van der Waals surface area contributed by atoms with Gasteiger partial charge in [-0.25, -0.2) is 0 Å². The molecule has 19 heavy (non-hydrogen) atoms. The first-order valence-corrected chi connectivity index (χ1v) is 7.20. The van der Waals surface area contributed by atoms with Gasteiger partial charge in [0.05, 0.1) is 11.4 Å². The Morgan fingerprint density at radius 1 is 1.42 bits per heavy atom. The van der Waals surface area contributed by atoms with E-state index in [1.807, 2.05) is 31.1 Å². The highest BCUT2D eigenvalue weighted by molar-refractivity contribution is 8.00. The van der Waals surface area contributed by atoms with E-state index in [2.05, 4.69) is 4.90 Å². The first kappa shape index (κ1) is 14.1. The maximum atomic E-state index is 12.0. The van der Waals surface area contributed by atoms with Crippen LogP contribution < -0.4 is 4.90 Å². The lowest BCUT2D eigenvalue weighted by molar-refractivity contribution is -0.116. The van der Waals surface area contributed by atoms with E-state index < -0.39 is 0 Å². The quantitative estimate of drug-likeness (QED) is 0.789. The average Bonchev–Trinajstić information content (AvgIpc) is 2.36. The van der Waals surface area contributed by atoms with E-state index in [9.17, 15) is 9.59 Å². The van der Waals surface area contributed by atoms with E-state index in [1.54, 1.807) is 13.0 Å². The van der Waals surface area contributed by atoms with Gasteiger partial charge in [0, 0.05) is 23.5 Å². The smallest absolute Gasteiger partial charge is 0.237 e. The van der Waals surface area contributed by atoms with Gasteiger partial charge in [0.15, 0.2) is 5.78 Å². The number of Topliss-reactive ketones (excluding diaryl/α,β-unsaturated/α-hetero) is 1. The highest BCUT2D eigenvalue weighted by Gasteiger charge is 2.24. The molecule has 0 unspecified atom stereocenters. The van der Waals surface area contributed by atoms with Crippen LogP contribution >= 0.6 is 11.8 Å². The Hall–Kier alpha value is -1.33. The third kappa shape index (κ3) is 3.16. The van der Waals surface area contributed by atoms with Crippen molar-refractivity contribution in [2.24, 2.45) is 0 Å². The van der Waals surface area contributed by atoms with Crippen LogP contribution in [0.4, 0.5) is 5.69 Å². The summed E-state index contributed by atoms with van der Waals surface area (Å²) in [5.74, 6) is 0.636. The summed E-state index contributed by atoms with van der Waals surface area (Å²) in [7, 11) is 3.98. The van der Waals surface area contributed by atoms with E-state index >= 15 is 0 Å². The number of ketones is 1. The summed E-state index contributed by atoms with van der Waals surface area (Å²) in [5, 5.41) is 0. The van der Waals surface area contributed by atoms with Crippen LogP contribution in [0.1, 0.15) is 17.3 Å². The third-order valence-corrected chi connectivity index (χ3v) is 4.11. The number of nitrogens with zero attached hydrogens (tertiary/aromatic N) is 2. The maximum absolute atomic E-state index is 12.0. The third-order valence-electron chi connectivity index (χ3n) is 3.08. The van der Waals surface area contributed by atoms with Gasteiger partial charge in [-0.05, 0) is 39.2 Å². The Balaban J connectivity index is 2.28. The highest BCUT2D eigenvalue weighted by atomic mass is 32.2. The Morgan fingerprint density at radius 3 is 2.79 bits per heavy atom. The van der Waals surface area contributed by atoms with Crippen molar-refractivity contribution in [3.05, 3.63) is 23.8 Å². The minimum absolute atomic E-state index is 0.0557. The van der Waals surface area contributed by atoms with Gasteiger partial charge in [-0.2, -0.15) is 0 Å². The van der Waals surface area contributed by atoms with Crippen LogP contribution in [-0.4, -0.2) is 49.5 Å². The molecule has 4 nitrogen and oxygen atoms in total. The van der Waals surface area contributed by atoms with Crippen molar-refractivity contribution in [3.8, 4) is 0 Å². The monoisotopic (exact) mass is 278 g/mol. The van der Waals surface area contributed by atoms with E-state index in [0.29, 0.717) is 17.9 Å². The number of thioether (sulfide) groups is 1. The molecule has 0 bridgehead atoms. The predicted molar refractivity (Wildman–Crippen MR) is 78.1 cm³/mol. The van der Waals surface area contributed by atoms with Crippen LogP contribution in [0.15, 0.2) is 23.1 Å². The van der Waals surface area contributed by atoms with E-state index in [-0.39, 0.29) is 11.7 Å². The number of hydrogen-bond donors (Lipinski definition) is 0. The first-order valence-electron chi connectivity index (χ1n) is 6.22. The number of rotatable bonds is 4. The van der Waals surface area contributed by atoms with Crippen molar-refractivity contribution >= 4 is 29.1 Å². The van der Waals surface area contributed by atoms with Crippen molar-refractivity contribution in [2.45, 2.75) is 11.8 Å². The summed E-state index contributed by atoms with van der Waals surface area (Å²) in [4.78, 5) is 28.3. The van der Waals surface area contributed by atoms with Gasteiger partial charge in [-0.1, -0.05) is 0 Å². The van der Waals surface area contributed by atoms with Crippen molar-refractivity contribution in [3.63, 3.8) is 0 Å². The molecule has 1 heterocycles. The van der Waals surface area contributed by atoms with Gasteiger partial charge >= 0.3 is 0 Å². The van der Waals surface area contributed by atoms with Gasteiger partial charge in [-0.15, -0.1) is 11.8 Å². The molecule has 0 radical (unpaired) electrons. The summed E-state index contributed by atoms with van der Waals surface area (Å²) in [6.45, 7) is 3.06. The van der Waals surface area contributed by atoms with Gasteiger partial charge in [-0.3, -0.25) is 9.59 Å². The van der Waals surface area contributed by atoms with Crippen LogP contribution in [0.3, 0.4) is 0 Å². The van der Waals surface area contributed by atoms with Gasteiger partial charge < -0.3 is 9.80 Å². The largest absolute Gasteiger partial charge is 0.309 e. The van der Waals surface area contributed by atoms with Crippen LogP contribution in [0.25, 0.3) is 0 Å². The van der Waals surface area contributed by atoms with Crippen molar-refractivity contribution in [2.75, 3.05) is 37.8 Å². The SMILES string of the molecule is CC(=O)c1ccc2c(c1)SCC(=O)N2CCN(C)C. The van der Waals surface area contributed by atoms with Crippen molar-refractivity contribution in [1.29, 1.82) is 0 Å². The first-order chi connectivity index (χ1) is 8.99. The molecule has 0 fully saturated rings. The maximum Gasteiger partial charge on any atom is 0.237 e. The molecule has 0 atom stereocenters. The second-order valence-corrected chi connectivity index (χ2v) is 5.89. The van der Waals surface area contributed by atoms with Gasteiger partial charge in [0.1, 0.15) is 0 Å². The predicted octanol–water partition coefficient (Wildman–Crippen LogP) is 1.89. The van der Waals surface area contributed by atoms with Crippen LogP contribution in [0, 0.1) is 0 Å². The van der Waals surface area contributed by atoms with Gasteiger partial charge in [0.25, 0.3) is 0 Å². The average molecular weight is 278 g/mol. The second-order valence-electron chi connectivity index (χ2n) is 4.88. The topological polar surface area (TPSA) is 40.6 Å². The molecule has 0 saturated carbocycles. The molecule has 1 amide bonds. The highest BCUT2D eigenvalue weighted by Crippen LogP contribution is 2.35. The zero-order chi connectivity index (χ0) is 14.0. The number of carbonyl (C=O) groups is 2. The summed E-state index contributed by atoms with van der Waals surface area (Å²) >= 11 is 1.51. The molecule has 102 valence electrons. The van der Waals surface area contributed by atoms with E-state index in [1.165, 1.54) is 11.8 Å². The minimum Gasteiger partial charge on any atom is -0.309 e. The molecule has 0 N–H and O–H groups in total. The van der Waals surface area contributed by atoms with E-state index in [4.69, 9.17) is 0 Å².